The highest BCUT2D eigenvalue weighted by Gasteiger charge is 2.30. The van der Waals surface area contributed by atoms with Gasteiger partial charge in [0, 0.05) is 29.3 Å². The molecule has 0 bridgehead atoms. The first-order chi connectivity index (χ1) is 9.25. The molecule has 0 fully saturated rings. The van der Waals surface area contributed by atoms with Crippen molar-refractivity contribution in [2.75, 3.05) is 13.1 Å². The summed E-state index contributed by atoms with van der Waals surface area (Å²) in [4.78, 5) is 16.2. The van der Waals surface area contributed by atoms with Gasteiger partial charge in [0.05, 0.1) is 6.04 Å². The second kappa shape index (κ2) is 5.45. The summed E-state index contributed by atoms with van der Waals surface area (Å²) in [6.07, 6.45) is 1.51. The van der Waals surface area contributed by atoms with E-state index in [1.807, 2.05) is 11.3 Å². The van der Waals surface area contributed by atoms with Gasteiger partial charge in [-0.2, -0.15) is 0 Å². The molecule has 19 heavy (non-hydrogen) atoms. The van der Waals surface area contributed by atoms with Crippen molar-refractivity contribution in [1.82, 2.24) is 4.90 Å². The Hall–Kier alpha value is -1.17. The fraction of sp³-hybridized carbons (Fsp3) is 0.357. The maximum atomic E-state index is 11.0. The fourth-order valence-corrected chi connectivity index (χ4v) is 4.42. The molecule has 0 aromatic carbocycles. The minimum Gasteiger partial charge on any atom is -0.370 e. The molecule has 0 radical (unpaired) electrons. The van der Waals surface area contributed by atoms with Crippen LogP contribution in [0.25, 0.3) is 0 Å². The second-order valence-corrected chi connectivity index (χ2v) is 6.70. The molecule has 3 rings (SSSR count). The van der Waals surface area contributed by atoms with Gasteiger partial charge >= 0.3 is 0 Å². The zero-order valence-corrected chi connectivity index (χ0v) is 12.2. The quantitative estimate of drug-likeness (QED) is 0.941. The van der Waals surface area contributed by atoms with E-state index in [-0.39, 0.29) is 5.91 Å². The van der Waals surface area contributed by atoms with Crippen LogP contribution in [0, 0.1) is 0 Å². The molecule has 3 heterocycles. The van der Waals surface area contributed by atoms with E-state index in [4.69, 9.17) is 5.73 Å². The number of rotatable bonds is 4. The molecular weight excluding hydrogens is 276 g/mol. The van der Waals surface area contributed by atoms with Crippen LogP contribution in [0.15, 0.2) is 29.0 Å². The molecule has 0 unspecified atom stereocenters. The number of fused-ring (bicyclic) bond motifs is 1. The molecule has 5 heteroatoms. The topological polar surface area (TPSA) is 46.3 Å². The Morgan fingerprint density at radius 3 is 3.00 bits per heavy atom. The molecule has 0 saturated carbocycles. The van der Waals surface area contributed by atoms with Crippen LogP contribution in [-0.4, -0.2) is 23.9 Å². The molecule has 1 atom stereocenters. The van der Waals surface area contributed by atoms with E-state index >= 15 is 0 Å². The van der Waals surface area contributed by atoms with Gasteiger partial charge < -0.3 is 5.73 Å². The monoisotopic (exact) mass is 292 g/mol. The first kappa shape index (κ1) is 12.8. The van der Waals surface area contributed by atoms with Gasteiger partial charge in [-0.1, -0.05) is 6.07 Å². The van der Waals surface area contributed by atoms with Crippen molar-refractivity contribution in [2.24, 2.45) is 5.73 Å². The Kier molecular flexibility index (Phi) is 3.68. The van der Waals surface area contributed by atoms with Crippen LogP contribution in [0.1, 0.15) is 27.8 Å². The van der Waals surface area contributed by atoms with Crippen molar-refractivity contribution in [3.05, 3.63) is 44.3 Å². The molecule has 1 aliphatic heterocycles. The van der Waals surface area contributed by atoms with Crippen molar-refractivity contribution in [3.8, 4) is 0 Å². The molecule has 0 aliphatic carbocycles. The van der Waals surface area contributed by atoms with Gasteiger partial charge in [-0.05, 0) is 34.9 Å². The fourth-order valence-electron chi connectivity index (χ4n) is 2.64. The van der Waals surface area contributed by atoms with Crippen LogP contribution in [0.5, 0.6) is 0 Å². The van der Waals surface area contributed by atoms with Crippen LogP contribution >= 0.6 is 22.7 Å². The number of carbonyl (C=O) groups excluding carboxylic acids is 1. The SMILES string of the molecule is NC(=O)CCN1CCc2sccc2[C@@H]1c1cccs1. The average Bonchev–Trinajstić information content (AvgIpc) is 3.06. The first-order valence-corrected chi connectivity index (χ1v) is 8.13. The summed E-state index contributed by atoms with van der Waals surface area (Å²) in [6.45, 7) is 1.75. The highest BCUT2D eigenvalue weighted by Crippen LogP contribution is 2.39. The largest absolute Gasteiger partial charge is 0.370 e. The molecule has 0 saturated heterocycles. The van der Waals surface area contributed by atoms with E-state index < -0.39 is 0 Å². The molecular formula is C14H16N2OS2. The number of amides is 1. The molecule has 2 N–H and O–H groups in total. The molecule has 1 aliphatic rings. The van der Waals surface area contributed by atoms with Crippen LogP contribution in [0.3, 0.4) is 0 Å². The molecule has 2 aromatic heterocycles. The Labute approximate surface area is 120 Å². The van der Waals surface area contributed by atoms with E-state index in [2.05, 4.69) is 33.9 Å². The van der Waals surface area contributed by atoms with Crippen LogP contribution in [0.2, 0.25) is 0 Å². The van der Waals surface area contributed by atoms with Gasteiger partial charge in [-0.25, -0.2) is 0 Å². The van der Waals surface area contributed by atoms with E-state index in [0.29, 0.717) is 12.5 Å². The van der Waals surface area contributed by atoms with Crippen molar-refractivity contribution in [3.63, 3.8) is 0 Å². The molecule has 1 amide bonds. The van der Waals surface area contributed by atoms with E-state index in [1.165, 1.54) is 15.3 Å². The lowest BCUT2D eigenvalue weighted by molar-refractivity contribution is -0.118. The lowest BCUT2D eigenvalue weighted by Gasteiger charge is -2.35. The number of nitrogens with zero attached hydrogens (tertiary/aromatic N) is 1. The lowest BCUT2D eigenvalue weighted by Crippen LogP contribution is -2.37. The summed E-state index contributed by atoms with van der Waals surface area (Å²) < 4.78 is 0. The standard InChI is InChI=1S/C14H16N2OS2/c15-13(17)4-7-16-6-3-11-10(5-9-19-11)14(16)12-2-1-8-18-12/h1-2,5,8-9,14H,3-4,6-7H2,(H2,15,17)/t14-/m1/s1. The van der Waals surface area contributed by atoms with Crippen LogP contribution < -0.4 is 5.73 Å². The van der Waals surface area contributed by atoms with Gasteiger partial charge in [0.2, 0.25) is 5.91 Å². The highest BCUT2D eigenvalue weighted by molar-refractivity contribution is 7.10. The number of hydrogen-bond donors (Lipinski definition) is 1. The predicted octanol–water partition coefficient (Wildman–Crippen LogP) is 2.63. The number of nitrogens with two attached hydrogens (primary N) is 1. The number of primary amides is 1. The van der Waals surface area contributed by atoms with Gasteiger partial charge in [-0.3, -0.25) is 9.69 Å². The molecule has 0 spiro atoms. The molecule has 3 nitrogen and oxygen atoms in total. The average molecular weight is 292 g/mol. The number of carbonyl (C=O) groups is 1. The summed E-state index contributed by atoms with van der Waals surface area (Å²) in [7, 11) is 0. The summed E-state index contributed by atoms with van der Waals surface area (Å²) in [5.74, 6) is -0.221. The molecule has 100 valence electrons. The Balaban J connectivity index is 1.90. The van der Waals surface area contributed by atoms with Gasteiger partial charge in [0.15, 0.2) is 0 Å². The minimum absolute atomic E-state index is 0.221. The lowest BCUT2D eigenvalue weighted by atomic mass is 9.98. The third-order valence-electron chi connectivity index (χ3n) is 3.52. The van der Waals surface area contributed by atoms with Crippen LogP contribution in [0.4, 0.5) is 0 Å². The second-order valence-electron chi connectivity index (χ2n) is 4.72. The summed E-state index contributed by atoms with van der Waals surface area (Å²) >= 11 is 3.62. The summed E-state index contributed by atoms with van der Waals surface area (Å²) in [6, 6.07) is 6.79. The van der Waals surface area contributed by atoms with Crippen molar-refractivity contribution in [2.45, 2.75) is 18.9 Å². The summed E-state index contributed by atoms with van der Waals surface area (Å²) in [5.41, 5.74) is 6.69. The Bertz CT molecular complexity index is 562. The maximum absolute atomic E-state index is 11.0. The maximum Gasteiger partial charge on any atom is 0.218 e. The van der Waals surface area contributed by atoms with Gasteiger partial charge in [0.1, 0.15) is 0 Å². The molecule has 2 aromatic rings. The van der Waals surface area contributed by atoms with E-state index in [0.717, 1.165) is 19.5 Å². The van der Waals surface area contributed by atoms with Crippen molar-refractivity contribution in [1.29, 1.82) is 0 Å². The third kappa shape index (κ3) is 2.59. The van der Waals surface area contributed by atoms with Crippen molar-refractivity contribution < 1.29 is 4.79 Å². The predicted molar refractivity (Wildman–Crippen MR) is 79.6 cm³/mol. The van der Waals surface area contributed by atoms with Gasteiger partial charge in [0.25, 0.3) is 0 Å². The van der Waals surface area contributed by atoms with Gasteiger partial charge in [-0.15, -0.1) is 22.7 Å². The number of hydrogen-bond acceptors (Lipinski definition) is 4. The number of thiophene rings is 2. The Morgan fingerprint density at radius 2 is 2.26 bits per heavy atom. The smallest absolute Gasteiger partial charge is 0.218 e. The third-order valence-corrected chi connectivity index (χ3v) is 5.45. The minimum atomic E-state index is -0.221. The van der Waals surface area contributed by atoms with Crippen LogP contribution in [-0.2, 0) is 11.2 Å². The van der Waals surface area contributed by atoms with E-state index in [1.54, 1.807) is 11.3 Å². The van der Waals surface area contributed by atoms with Crippen molar-refractivity contribution >= 4 is 28.6 Å². The zero-order chi connectivity index (χ0) is 13.2. The highest BCUT2D eigenvalue weighted by atomic mass is 32.1. The normalized spacial score (nSPS) is 19.3. The Morgan fingerprint density at radius 1 is 1.37 bits per heavy atom. The van der Waals surface area contributed by atoms with E-state index in [9.17, 15) is 4.79 Å². The summed E-state index contributed by atoms with van der Waals surface area (Å²) in [5, 5.41) is 4.28. The zero-order valence-electron chi connectivity index (χ0n) is 10.5. The first-order valence-electron chi connectivity index (χ1n) is 6.37.